The van der Waals surface area contributed by atoms with Crippen molar-refractivity contribution in [2.75, 3.05) is 19.6 Å². The van der Waals surface area contributed by atoms with Crippen LogP contribution in [0, 0.1) is 12.7 Å². The van der Waals surface area contributed by atoms with Crippen LogP contribution < -0.4 is 5.32 Å². The number of aromatic nitrogens is 2. The third-order valence-electron chi connectivity index (χ3n) is 5.74. The number of amides is 1. The Morgan fingerprint density at radius 1 is 1.09 bits per heavy atom. The van der Waals surface area contributed by atoms with Crippen molar-refractivity contribution in [3.8, 4) is 16.9 Å². The van der Waals surface area contributed by atoms with Crippen molar-refractivity contribution in [2.24, 2.45) is 0 Å². The minimum atomic E-state index is -0.303. The van der Waals surface area contributed by atoms with E-state index in [0.29, 0.717) is 11.4 Å². The second-order valence-electron chi connectivity index (χ2n) is 8.21. The van der Waals surface area contributed by atoms with Crippen LogP contribution in [0.1, 0.15) is 49.7 Å². The Balaban J connectivity index is 1.81. The molecule has 1 heterocycles. The molecule has 3 rings (SSSR count). The lowest BCUT2D eigenvalue weighted by Crippen LogP contribution is -2.34. The average molecular weight is 437 g/mol. The molecule has 1 N–H and O–H groups in total. The summed E-state index contributed by atoms with van der Waals surface area (Å²) in [4.78, 5) is 15.6. The fourth-order valence-corrected chi connectivity index (χ4v) is 3.72. The molecule has 0 aliphatic rings. The summed E-state index contributed by atoms with van der Waals surface area (Å²) in [6.45, 7) is 11.5. The highest BCUT2D eigenvalue weighted by Crippen LogP contribution is 2.22. The van der Waals surface area contributed by atoms with E-state index in [-0.39, 0.29) is 17.8 Å². The van der Waals surface area contributed by atoms with E-state index < -0.39 is 0 Å². The van der Waals surface area contributed by atoms with Gasteiger partial charge in [-0.1, -0.05) is 31.5 Å². The summed E-state index contributed by atoms with van der Waals surface area (Å²) in [5, 5.41) is 7.80. The third-order valence-corrected chi connectivity index (χ3v) is 5.74. The van der Waals surface area contributed by atoms with Gasteiger partial charge in [0, 0.05) is 11.6 Å². The van der Waals surface area contributed by atoms with Crippen LogP contribution in [0.2, 0.25) is 0 Å². The van der Waals surface area contributed by atoms with Gasteiger partial charge in [0.1, 0.15) is 11.5 Å². The molecule has 1 atom stereocenters. The molecule has 32 heavy (non-hydrogen) atoms. The predicted octanol–water partition coefficient (Wildman–Crippen LogP) is 5.23. The fraction of sp³-hybridized carbons (Fsp3) is 0.385. The number of benzene rings is 2. The summed E-state index contributed by atoms with van der Waals surface area (Å²) in [7, 11) is 0. The molecule has 0 saturated heterocycles. The van der Waals surface area contributed by atoms with E-state index in [0.717, 1.165) is 49.3 Å². The number of nitrogens with one attached hydrogen (secondary N) is 1. The van der Waals surface area contributed by atoms with Crippen LogP contribution in [-0.4, -0.2) is 46.3 Å². The molecule has 0 saturated carbocycles. The van der Waals surface area contributed by atoms with Gasteiger partial charge in [0.2, 0.25) is 0 Å². The number of carbonyl (C=O) groups is 1. The lowest BCUT2D eigenvalue weighted by Gasteiger charge is -2.20. The molecule has 2 aromatic carbocycles. The summed E-state index contributed by atoms with van der Waals surface area (Å²) in [5.41, 5.74) is 3.79. The topological polar surface area (TPSA) is 50.2 Å². The van der Waals surface area contributed by atoms with Crippen LogP contribution in [0.25, 0.3) is 16.9 Å². The van der Waals surface area contributed by atoms with Gasteiger partial charge in [-0.3, -0.25) is 4.79 Å². The Morgan fingerprint density at radius 3 is 2.38 bits per heavy atom. The summed E-state index contributed by atoms with van der Waals surface area (Å²) < 4.78 is 15.0. The Kier molecular flexibility index (Phi) is 8.17. The number of carbonyl (C=O) groups excluding carboxylic acids is 1. The van der Waals surface area contributed by atoms with Gasteiger partial charge in [0.15, 0.2) is 0 Å². The zero-order chi connectivity index (χ0) is 23.1. The zero-order valence-corrected chi connectivity index (χ0v) is 19.4. The van der Waals surface area contributed by atoms with Gasteiger partial charge < -0.3 is 10.2 Å². The van der Waals surface area contributed by atoms with E-state index >= 15 is 0 Å². The quantitative estimate of drug-likeness (QED) is 0.474. The monoisotopic (exact) mass is 436 g/mol. The van der Waals surface area contributed by atoms with Gasteiger partial charge in [0.05, 0.1) is 11.4 Å². The van der Waals surface area contributed by atoms with Crippen LogP contribution in [-0.2, 0) is 0 Å². The Labute approximate surface area is 190 Å². The molecule has 1 unspecified atom stereocenters. The largest absolute Gasteiger partial charge is 0.348 e. The number of hydrogen-bond acceptors (Lipinski definition) is 3. The molecule has 170 valence electrons. The van der Waals surface area contributed by atoms with Gasteiger partial charge in [-0.25, -0.2) is 9.07 Å². The van der Waals surface area contributed by atoms with Gasteiger partial charge in [0.25, 0.3) is 5.91 Å². The first-order valence-electron chi connectivity index (χ1n) is 11.4. The first kappa shape index (κ1) is 23.7. The normalized spacial score (nSPS) is 12.2. The number of aryl methyl sites for hydroxylation is 1. The molecule has 3 aromatic rings. The van der Waals surface area contributed by atoms with E-state index in [1.54, 1.807) is 22.9 Å². The van der Waals surface area contributed by atoms with E-state index in [9.17, 15) is 9.18 Å². The molecule has 0 aliphatic heterocycles. The van der Waals surface area contributed by atoms with Crippen molar-refractivity contribution < 1.29 is 9.18 Å². The van der Waals surface area contributed by atoms with Crippen LogP contribution in [0.15, 0.2) is 54.6 Å². The van der Waals surface area contributed by atoms with E-state index in [2.05, 4.69) is 29.2 Å². The number of halogens is 1. The summed E-state index contributed by atoms with van der Waals surface area (Å²) in [6, 6.07) is 15.8. The molecule has 0 fully saturated rings. The maximum atomic E-state index is 13.4. The van der Waals surface area contributed by atoms with Gasteiger partial charge in [-0.2, -0.15) is 5.10 Å². The van der Waals surface area contributed by atoms with Crippen molar-refractivity contribution >= 4 is 5.91 Å². The molecular weight excluding hydrogens is 403 g/mol. The standard InChI is InChI=1S/C26H33FN4O/c1-5-30(6-2)17-7-8-20(4)28-26(32)25-18-24(21-11-13-22(27)14-12-21)29-31(25)23-15-9-19(3)10-16-23/h9-16,18,20H,5-8,17H2,1-4H3,(H,28,32). The first-order chi connectivity index (χ1) is 15.4. The SMILES string of the molecule is CCN(CC)CCCC(C)NC(=O)c1cc(-c2ccc(F)cc2)nn1-c1ccc(C)cc1. The molecule has 0 bridgehead atoms. The summed E-state index contributed by atoms with van der Waals surface area (Å²) >= 11 is 0. The molecule has 0 aliphatic carbocycles. The second-order valence-corrected chi connectivity index (χ2v) is 8.21. The maximum Gasteiger partial charge on any atom is 0.270 e. The van der Waals surface area contributed by atoms with Crippen LogP contribution in [0.4, 0.5) is 4.39 Å². The smallest absolute Gasteiger partial charge is 0.270 e. The van der Waals surface area contributed by atoms with Crippen molar-refractivity contribution in [3.05, 3.63) is 71.7 Å². The van der Waals surface area contributed by atoms with E-state index in [1.165, 1.54) is 12.1 Å². The van der Waals surface area contributed by atoms with Crippen molar-refractivity contribution in [3.63, 3.8) is 0 Å². The number of hydrogen-bond donors (Lipinski definition) is 1. The molecule has 0 spiro atoms. The van der Waals surface area contributed by atoms with E-state index in [4.69, 9.17) is 0 Å². The Morgan fingerprint density at radius 2 is 1.75 bits per heavy atom. The summed E-state index contributed by atoms with van der Waals surface area (Å²) in [6.07, 6.45) is 1.94. The molecule has 1 aromatic heterocycles. The van der Waals surface area contributed by atoms with Crippen LogP contribution in [0.5, 0.6) is 0 Å². The number of nitrogens with zero attached hydrogens (tertiary/aromatic N) is 3. The lowest BCUT2D eigenvalue weighted by atomic mass is 10.1. The zero-order valence-electron chi connectivity index (χ0n) is 19.4. The van der Waals surface area contributed by atoms with Crippen molar-refractivity contribution in [1.82, 2.24) is 20.0 Å². The van der Waals surface area contributed by atoms with Gasteiger partial charge in [-0.15, -0.1) is 0 Å². The molecular formula is C26H33FN4O. The van der Waals surface area contributed by atoms with E-state index in [1.807, 2.05) is 38.1 Å². The lowest BCUT2D eigenvalue weighted by molar-refractivity contribution is 0.0929. The minimum Gasteiger partial charge on any atom is -0.348 e. The molecule has 6 heteroatoms. The Hall–Kier alpha value is -2.99. The first-order valence-corrected chi connectivity index (χ1v) is 11.4. The number of rotatable bonds is 10. The third kappa shape index (κ3) is 6.04. The highest BCUT2D eigenvalue weighted by molar-refractivity contribution is 5.94. The average Bonchev–Trinajstić information content (AvgIpc) is 3.23. The highest BCUT2D eigenvalue weighted by atomic mass is 19.1. The van der Waals surface area contributed by atoms with Gasteiger partial charge in [-0.05, 0) is 88.8 Å². The predicted molar refractivity (Wildman–Crippen MR) is 128 cm³/mol. The molecule has 0 radical (unpaired) electrons. The van der Waals surface area contributed by atoms with Crippen LogP contribution in [0.3, 0.4) is 0 Å². The molecule has 5 nitrogen and oxygen atoms in total. The minimum absolute atomic E-state index is 0.0497. The molecule has 1 amide bonds. The fourth-order valence-electron chi connectivity index (χ4n) is 3.72. The van der Waals surface area contributed by atoms with Crippen molar-refractivity contribution in [2.45, 2.75) is 46.6 Å². The Bertz CT molecular complexity index is 1010. The maximum absolute atomic E-state index is 13.4. The summed E-state index contributed by atoms with van der Waals surface area (Å²) in [5.74, 6) is -0.468. The van der Waals surface area contributed by atoms with Crippen molar-refractivity contribution in [1.29, 1.82) is 0 Å². The van der Waals surface area contributed by atoms with Gasteiger partial charge >= 0.3 is 0 Å². The highest BCUT2D eigenvalue weighted by Gasteiger charge is 2.19. The second kappa shape index (κ2) is 11.0. The van der Waals surface area contributed by atoms with Crippen LogP contribution >= 0.6 is 0 Å².